The van der Waals surface area contributed by atoms with Crippen molar-refractivity contribution < 1.29 is 13.2 Å². The van der Waals surface area contributed by atoms with Crippen LogP contribution < -0.4 is 10.0 Å². The molecule has 2 N–H and O–H groups in total. The van der Waals surface area contributed by atoms with Crippen molar-refractivity contribution in [3.8, 4) is 0 Å². The number of carbonyl (C=O) groups excluding carboxylic acids is 1. The maximum Gasteiger partial charge on any atom is 0.240 e. The Hall–Kier alpha value is -1.89. The number of hydrogen-bond acceptors (Lipinski definition) is 3. The van der Waals surface area contributed by atoms with E-state index in [0.717, 1.165) is 5.56 Å². The highest BCUT2D eigenvalue weighted by atomic mass is 35.5. The number of rotatable bonds is 4. The van der Waals surface area contributed by atoms with E-state index in [4.69, 9.17) is 11.6 Å². The lowest BCUT2D eigenvalue weighted by Crippen LogP contribution is -2.23. The Kier molecular flexibility index (Phi) is 4.89. The molecule has 2 aromatic rings. The number of sulfonamides is 1. The van der Waals surface area contributed by atoms with Gasteiger partial charge in [-0.05, 0) is 48.2 Å². The van der Waals surface area contributed by atoms with Gasteiger partial charge in [0, 0.05) is 23.7 Å². The van der Waals surface area contributed by atoms with E-state index < -0.39 is 10.0 Å². The topological polar surface area (TPSA) is 75.3 Å². The van der Waals surface area contributed by atoms with Crippen LogP contribution >= 0.6 is 11.6 Å². The van der Waals surface area contributed by atoms with E-state index in [-0.39, 0.29) is 17.3 Å². The van der Waals surface area contributed by atoms with Gasteiger partial charge in [-0.2, -0.15) is 0 Å². The summed E-state index contributed by atoms with van der Waals surface area (Å²) < 4.78 is 27.6. The molecule has 0 spiro atoms. The lowest BCUT2D eigenvalue weighted by molar-refractivity contribution is -0.116. The second kappa shape index (κ2) is 6.93. The van der Waals surface area contributed by atoms with E-state index >= 15 is 0 Å². The molecule has 1 amide bonds. The number of anilines is 1. The zero-order chi connectivity index (χ0) is 17.2. The third kappa shape index (κ3) is 3.77. The van der Waals surface area contributed by atoms with E-state index in [0.29, 0.717) is 35.5 Å². The van der Waals surface area contributed by atoms with Crippen LogP contribution in [0.2, 0.25) is 5.02 Å². The molecule has 1 heterocycles. The summed E-state index contributed by atoms with van der Waals surface area (Å²) in [5.41, 5.74) is 2.23. The van der Waals surface area contributed by atoms with Crippen molar-refractivity contribution in [2.75, 3.05) is 5.32 Å². The number of amides is 1. The van der Waals surface area contributed by atoms with Crippen molar-refractivity contribution in [2.24, 2.45) is 0 Å². The van der Waals surface area contributed by atoms with Gasteiger partial charge in [-0.1, -0.05) is 29.8 Å². The molecular formula is C17H17ClN2O3S. The smallest absolute Gasteiger partial charge is 0.240 e. The molecule has 0 bridgehead atoms. The monoisotopic (exact) mass is 364 g/mol. The number of nitrogens with one attached hydrogen (secondary N) is 2. The Labute approximate surface area is 146 Å². The summed E-state index contributed by atoms with van der Waals surface area (Å²) in [4.78, 5) is 11.7. The third-order valence-corrected chi connectivity index (χ3v) is 5.69. The van der Waals surface area contributed by atoms with Crippen molar-refractivity contribution in [3.63, 3.8) is 0 Å². The van der Waals surface area contributed by atoms with Crippen molar-refractivity contribution >= 4 is 33.2 Å². The second-order valence-electron chi connectivity index (χ2n) is 5.64. The number of hydrogen-bond donors (Lipinski definition) is 2. The van der Waals surface area contributed by atoms with Crippen LogP contribution in [0, 0.1) is 0 Å². The van der Waals surface area contributed by atoms with Crippen LogP contribution in [-0.4, -0.2) is 14.3 Å². The second-order valence-corrected chi connectivity index (χ2v) is 7.81. The highest BCUT2D eigenvalue weighted by molar-refractivity contribution is 7.89. The maximum absolute atomic E-state index is 12.5. The van der Waals surface area contributed by atoms with Gasteiger partial charge >= 0.3 is 0 Å². The Morgan fingerprint density at radius 3 is 2.71 bits per heavy atom. The van der Waals surface area contributed by atoms with Crippen molar-refractivity contribution in [1.29, 1.82) is 0 Å². The first-order valence-electron chi connectivity index (χ1n) is 7.61. The molecule has 24 heavy (non-hydrogen) atoms. The number of carbonyl (C=O) groups is 1. The van der Waals surface area contributed by atoms with Gasteiger partial charge in [-0.15, -0.1) is 0 Å². The molecule has 1 aliphatic heterocycles. The van der Waals surface area contributed by atoms with Gasteiger partial charge in [0.25, 0.3) is 0 Å². The summed E-state index contributed by atoms with van der Waals surface area (Å²) in [5.74, 6) is -0.0406. The fourth-order valence-electron chi connectivity index (χ4n) is 2.62. The molecule has 0 aliphatic carbocycles. The molecule has 1 aliphatic rings. The lowest BCUT2D eigenvalue weighted by atomic mass is 10.1. The summed E-state index contributed by atoms with van der Waals surface area (Å²) in [6.45, 7) is 0.121. The molecular weight excluding hydrogens is 348 g/mol. The normalized spacial score (nSPS) is 14.6. The van der Waals surface area contributed by atoms with Crippen LogP contribution in [0.25, 0.3) is 0 Å². The summed E-state index contributed by atoms with van der Waals surface area (Å²) in [6, 6.07) is 11.9. The molecule has 3 rings (SSSR count). The predicted molar refractivity (Wildman–Crippen MR) is 93.5 cm³/mol. The van der Waals surface area contributed by atoms with Crippen molar-refractivity contribution in [1.82, 2.24) is 4.72 Å². The Balaban J connectivity index is 1.81. The molecule has 0 saturated heterocycles. The van der Waals surface area contributed by atoms with Crippen LogP contribution in [0.5, 0.6) is 0 Å². The standard InChI is InChI=1S/C17H17ClN2O3S/c18-15-6-2-1-4-13(15)11-19-24(22,23)14-8-9-16-12(10-14)5-3-7-17(21)20-16/h1-2,4,6,8-10,19H,3,5,7,11H2,(H,20,21). The Morgan fingerprint density at radius 1 is 1.12 bits per heavy atom. The fraction of sp³-hybridized carbons (Fsp3) is 0.235. The third-order valence-electron chi connectivity index (χ3n) is 3.92. The van der Waals surface area contributed by atoms with Crippen molar-refractivity contribution in [3.05, 3.63) is 58.6 Å². The van der Waals surface area contributed by atoms with Crippen LogP contribution in [0.3, 0.4) is 0 Å². The number of aryl methyl sites for hydroxylation is 1. The van der Waals surface area contributed by atoms with E-state index in [1.165, 1.54) is 6.07 Å². The first-order valence-corrected chi connectivity index (χ1v) is 9.48. The Bertz CT molecular complexity index is 881. The van der Waals surface area contributed by atoms with E-state index in [9.17, 15) is 13.2 Å². The zero-order valence-corrected chi connectivity index (χ0v) is 14.5. The summed E-state index contributed by atoms with van der Waals surface area (Å²) in [5, 5.41) is 3.31. The van der Waals surface area contributed by atoms with Crippen LogP contribution in [0.4, 0.5) is 5.69 Å². The quantitative estimate of drug-likeness (QED) is 0.875. The number of benzene rings is 2. The average Bonchev–Trinajstić information content (AvgIpc) is 2.74. The van der Waals surface area contributed by atoms with Crippen LogP contribution in [0.1, 0.15) is 24.0 Å². The molecule has 7 heteroatoms. The average molecular weight is 365 g/mol. The van der Waals surface area contributed by atoms with Crippen LogP contribution in [0.15, 0.2) is 47.4 Å². The zero-order valence-electron chi connectivity index (χ0n) is 12.9. The lowest BCUT2D eigenvalue weighted by Gasteiger charge is -2.11. The molecule has 0 radical (unpaired) electrons. The minimum absolute atomic E-state index is 0.0406. The molecule has 5 nitrogen and oxygen atoms in total. The van der Waals surface area contributed by atoms with Crippen molar-refractivity contribution in [2.45, 2.75) is 30.7 Å². The minimum atomic E-state index is -3.66. The summed E-state index contributed by atoms with van der Waals surface area (Å²) in [6.07, 6.45) is 1.82. The summed E-state index contributed by atoms with van der Waals surface area (Å²) >= 11 is 6.05. The molecule has 2 aromatic carbocycles. The van der Waals surface area contributed by atoms with Gasteiger partial charge in [0.15, 0.2) is 0 Å². The van der Waals surface area contributed by atoms with Gasteiger partial charge in [-0.3, -0.25) is 4.79 Å². The summed E-state index contributed by atoms with van der Waals surface area (Å²) in [7, 11) is -3.66. The molecule has 0 fully saturated rings. The molecule has 0 unspecified atom stereocenters. The highest BCUT2D eigenvalue weighted by Gasteiger charge is 2.19. The van der Waals surface area contributed by atoms with Gasteiger partial charge in [-0.25, -0.2) is 13.1 Å². The molecule has 0 atom stereocenters. The largest absolute Gasteiger partial charge is 0.326 e. The fourth-order valence-corrected chi connectivity index (χ4v) is 3.88. The van der Waals surface area contributed by atoms with Gasteiger partial charge in [0.1, 0.15) is 0 Å². The van der Waals surface area contributed by atoms with E-state index in [1.54, 1.807) is 36.4 Å². The maximum atomic E-state index is 12.5. The highest BCUT2D eigenvalue weighted by Crippen LogP contribution is 2.25. The SMILES string of the molecule is O=C1CCCc2cc(S(=O)(=O)NCc3ccccc3Cl)ccc2N1. The number of halogens is 1. The predicted octanol–water partition coefficient (Wildman–Crippen LogP) is 3.09. The van der Waals surface area contributed by atoms with E-state index in [1.807, 2.05) is 0 Å². The molecule has 0 aromatic heterocycles. The first-order chi connectivity index (χ1) is 11.5. The molecule has 0 saturated carbocycles. The van der Waals surface area contributed by atoms with E-state index in [2.05, 4.69) is 10.0 Å². The molecule has 126 valence electrons. The van der Waals surface area contributed by atoms with Gasteiger partial charge in [0.05, 0.1) is 4.90 Å². The minimum Gasteiger partial charge on any atom is -0.326 e. The van der Waals surface area contributed by atoms with Gasteiger partial charge in [0.2, 0.25) is 15.9 Å². The Morgan fingerprint density at radius 2 is 1.92 bits per heavy atom. The number of fused-ring (bicyclic) bond motifs is 1. The van der Waals surface area contributed by atoms with Crippen LogP contribution in [-0.2, 0) is 27.8 Å². The van der Waals surface area contributed by atoms with Gasteiger partial charge < -0.3 is 5.32 Å². The first kappa shape index (κ1) is 17.0.